The van der Waals surface area contributed by atoms with Crippen molar-refractivity contribution in [1.29, 1.82) is 0 Å². The molecule has 2 aliphatic heterocycles. The summed E-state index contributed by atoms with van der Waals surface area (Å²) in [6.07, 6.45) is 7.04. The number of aliphatic imine (C=N–C) groups is 1. The molecule has 2 aliphatic rings. The molecule has 0 bridgehead atoms. The monoisotopic (exact) mass is 354 g/mol. The largest absolute Gasteiger partial charge is 0.376 e. The Kier molecular flexibility index (Phi) is 9.04. The summed E-state index contributed by atoms with van der Waals surface area (Å²) in [5.74, 6) is 0.800. The predicted octanol–water partition coefficient (Wildman–Crippen LogP) is 1.14. The molecule has 0 saturated carbocycles. The number of guanidine groups is 1. The van der Waals surface area contributed by atoms with Crippen molar-refractivity contribution < 1.29 is 14.3 Å². The minimum absolute atomic E-state index is 0.00806. The maximum atomic E-state index is 11.7. The molecule has 7 nitrogen and oxygen atoms in total. The number of likely N-dealkylation sites (tertiary alicyclic amines) is 1. The van der Waals surface area contributed by atoms with Crippen LogP contribution in [-0.4, -0.2) is 75.4 Å². The number of carbonyl (C=O) groups excluding carboxylic acids is 1. The molecule has 2 rings (SSSR count). The Bertz CT molecular complexity index is 417. The molecule has 2 N–H and O–H groups in total. The van der Waals surface area contributed by atoms with E-state index in [2.05, 4.69) is 20.5 Å². The van der Waals surface area contributed by atoms with E-state index in [0.29, 0.717) is 12.6 Å². The van der Waals surface area contributed by atoms with Gasteiger partial charge in [-0.2, -0.15) is 0 Å². The van der Waals surface area contributed by atoms with E-state index < -0.39 is 0 Å². The Labute approximate surface area is 151 Å². The van der Waals surface area contributed by atoms with E-state index in [1.807, 2.05) is 6.92 Å². The first-order valence-electron chi connectivity index (χ1n) is 9.68. The van der Waals surface area contributed by atoms with Crippen LogP contribution >= 0.6 is 0 Å². The lowest BCUT2D eigenvalue weighted by atomic mass is 10.1. The SMILES string of the molecule is CCCNC(=O)CNC(=NC)N1CCC(OCC2CCCCO2)CC1. The van der Waals surface area contributed by atoms with Crippen LogP contribution < -0.4 is 10.6 Å². The van der Waals surface area contributed by atoms with E-state index in [-0.39, 0.29) is 18.6 Å². The number of hydrogen-bond donors (Lipinski definition) is 2. The molecular formula is C18H34N4O3. The first kappa shape index (κ1) is 20.0. The van der Waals surface area contributed by atoms with E-state index in [1.54, 1.807) is 7.05 Å². The third-order valence-electron chi connectivity index (χ3n) is 4.72. The zero-order valence-corrected chi connectivity index (χ0v) is 15.8. The van der Waals surface area contributed by atoms with Crippen LogP contribution in [0.2, 0.25) is 0 Å². The molecular weight excluding hydrogens is 320 g/mol. The summed E-state index contributed by atoms with van der Waals surface area (Å²) in [6, 6.07) is 0. The molecule has 0 aliphatic carbocycles. The average Bonchev–Trinajstić information content (AvgIpc) is 2.67. The normalized spacial score (nSPS) is 22.7. The van der Waals surface area contributed by atoms with Crippen molar-refractivity contribution >= 4 is 11.9 Å². The highest BCUT2D eigenvalue weighted by atomic mass is 16.5. The molecule has 0 aromatic heterocycles. The third kappa shape index (κ3) is 7.20. The zero-order valence-electron chi connectivity index (χ0n) is 15.8. The van der Waals surface area contributed by atoms with Crippen LogP contribution in [0.15, 0.2) is 4.99 Å². The maximum Gasteiger partial charge on any atom is 0.239 e. The topological polar surface area (TPSA) is 75.2 Å². The van der Waals surface area contributed by atoms with Crippen molar-refractivity contribution in [2.45, 2.75) is 57.7 Å². The van der Waals surface area contributed by atoms with Crippen LogP contribution in [0.5, 0.6) is 0 Å². The fourth-order valence-corrected chi connectivity index (χ4v) is 3.24. The third-order valence-corrected chi connectivity index (χ3v) is 4.72. The van der Waals surface area contributed by atoms with Crippen LogP contribution in [0.1, 0.15) is 45.4 Å². The first-order valence-corrected chi connectivity index (χ1v) is 9.68. The minimum Gasteiger partial charge on any atom is -0.376 e. The van der Waals surface area contributed by atoms with Gasteiger partial charge in [-0.15, -0.1) is 0 Å². The van der Waals surface area contributed by atoms with Gasteiger partial charge in [0, 0.05) is 33.3 Å². The Morgan fingerprint density at radius 2 is 2.04 bits per heavy atom. The lowest BCUT2D eigenvalue weighted by Crippen LogP contribution is -2.49. The molecule has 2 fully saturated rings. The fraction of sp³-hybridized carbons (Fsp3) is 0.889. The summed E-state index contributed by atoms with van der Waals surface area (Å²) in [5.41, 5.74) is 0. The molecule has 0 spiro atoms. The molecule has 0 radical (unpaired) electrons. The van der Waals surface area contributed by atoms with E-state index in [0.717, 1.165) is 57.9 Å². The van der Waals surface area contributed by atoms with Gasteiger partial charge in [0.15, 0.2) is 5.96 Å². The number of rotatable bonds is 7. The lowest BCUT2D eigenvalue weighted by molar-refractivity contribution is -0.120. The zero-order chi connectivity index (χ0) is 17.9. The molecule has 1 unspecified atom stereocenters. The fourth-order valence-electron chi connectivity index (χ4n) is 3.24. The predicted molar refractivity (Wildman–Crippen MR) is 98.8 cm³/mol. The lowest BCUT2D eigenvalue weighted by Gasteiger charge is -2.35. The number of hydrogen-bond acceptors (Lipinski definition) is 4. The van der Waals surface area contributed by atoms with E-state index in [1.165, 1.54) is 12.8 Å². The van der Waals surface area contributed by atoms with Crippen LogP contribution in [-0.2, 0) is 14.3 Å². The number of nitrogens with zero attached hydrogens (tertiary/aromatic N) is 2. The minimum atomic E-state index is 0.00806. The molecule has 2 heterocycles. The molecule has 0 aromatic rings. The average molecular weight is 354 g/mol. The van der Waals surface area contributed by atoms with Crippen LogP contribution in [0.25, 0.3) is 0 Å². The highest BCUT2D eigenvalue weighted by Gasteiger charge is 2.23. The van der Waals surface area contributed by atoms with Crippen LogP contribution in [0.3, 0.4) is 0 Å². The van der Waals surface area contributed by atoms with Crippen molar-refractivity contribution in [3.63, 3.8) is 0 Å². The Morgan fingerprint density at radius 1 is 1.24 bits per heavy atom. The number of piperidine rings is 1. The number of ether oxygens (including phenoxy) is 2. The first-order chi connectivity index (χ1) is 12.2. The standard InChI is InChI=1S/C18H34N4O3/c1-3-9-20-17(23)13-21-18(19-2)22-10-7-15(8-11-22)25-14-16-6-4-5-12-24-16/h15-16H,3-14H2,1-2H3,(H,19,21)(H,20,23). The molecule has 2 saturated heterocycles. The highest BCUT2D eigenvalue weighted by molar-refractivity contribution is 5.86. The van der Waals surface area contributed by atoms with Gasteiger partial charge in [-0.05, 0) is 38.5 Å². The Morgan fingerprint density at radius 3 is 2.68 bits per heavy atom. The van der Waals surface area contributed by atoms with Gasteiger partial charge >= 0.3 is 0 Å². The van der Waals surface area contributed by atoms with Crippen molar-refractivity contribution in [3.8, 4) is 0 Å². The maximum absolute atomic E-state index is 11.7. The van der Waals surface area contributed by atoms with Gasteiger partial charge < -0.3 is 25.0 Å². The van der Waals surface area contributed by atoms with Crippen LogP contribution in [0, 0.1) is 0 Å². The summed E-state index contributed by atoms with van der Waals surface area (Å²) in [5, 5.41) is 6.01. The van der Waals surface area contributed by atoms with Gasteiger partial charge in [0.05, 0.1) is 25.4 Å². The summed E-state index contributed by atoms with van der Waals surface area (Å²) >= 11 is 0. The second-order valence-electron chi connectivity index (χ2n) is 6.76. The smallest absolute Gasteiger partial charge is 0.239 e. The van der Waals surface area contributed by atoms with Gasteiger partial charge in [-0.1, -0.05) is 6.92 Å². The molecule has 1 amide bonds. The number of carbonyl (C=O) groups is 1. The number of amides is 1. The van der Waals surface area contributed by atoms with Gasteiger partial charge in [-0.3, -0.25) is 9.79 Å². The summed E-state index contributed by atoms with van der Waals surface area (Å²) in [7, 11) is 1.76. The summed E-state index contributed by atoms with van der Waals surface area (Å²) in [4.78, 5) is 18.2. The quantitative estimate of drug-likeness (QED) is 0.530. The molecule has 144 valence electrons. The summed E-state index contributed by atoms with van der Waals surface area (Å²) < 4.78 is 11.8. The molecule has 7 heteroatoms. The van der Waals surface area contributed by atoms with Crippen molar-refractivity contribution in [2.24, 2.45) is 4.99 Å². The van der Waals surface area contributed by atoms with E-state index in [9.17, 15) is 4.79 Å². The molecule has 1 atom stereocenters. The van der Waals surface area contributed by atoms with Gasteiger partial charge in [0.25, 0.3) is 0 Å². The van der Waals surface area contributed by atoms with Gasteiger partial charge in [0.1, 0.15) is 0 Å². The molecule has 0 aromatic carbocycles. The van der Waals surface area contributed by atoms with Crippen molar-refractivity contribution in [2.75, 3.05) is 46.4 Å². The Hall–Kier alpha value is -1.34. The van der Waals surface area contributed by atoms with Crippen molar-refractivity contribution in [3.05, 3.63) is 0 Å². The second kappa shape index (κ2) is 11.3. The molecule has 25 heavy (non-hydrogen) atoms. The highest BCUT2D eigenvalue weighted by Crippen LogP contribution is 2.17. The van der Waals surface area contributed by atoms with E-state index >= 15 is 0 Å². The second-order valence-corrected chi connectivity index (χ2v) is 6.76. The summed E-state index contributed by atoms with van der Waals surface area (Å²) in [6.45, 7) is 6.41. The van der Waals surface area contributed by atoms with Crippen molar-refractivity contribution in [1.82, 2.24) is 15.5 Å². The Balaban J connectivity index is 1.64. The van der Waals surface area contributed by atoms with Crippen LogP contribution in [0.4, 0.5) is 0 Å². The number of nitrogens with one attached hydrogen (secondary N) is 2. The van der Waals surface area contributed by atoms with Gasteiger partial charge in [0.2, 0.25) is 5.91 Å². The van der Waals surface area contributed by atoms with E-state index in [4.69, 9.17) is 9.47 Å². The van der Waals surface area contributed by atoms with Gasteiger partial charge in [-0.25, -0.2) is 0 Å².